The standard InChI is InChI=1S/C25H25ClN6/c1-5-22-30-31-24(16-8-10-19(11-9-16)25(3,4)28)32(22)21-13-17(7-6-15(21)2)18-12-20(26)23(27)29-14-18/h5-14H,1,28H2,2-4H3,(H2,27,29). The number of nitrogens with two attached hydrogens (primary N) is 2. The highest BCUT2D eigenvalue weighted by Gasteiger charge is 2.18. The maximum atomic E-state index is 6.24. The molecule has 0 fully saturated rings. The van der Waals surface area contributed by atoms with Crippen molar-refractivity contribution in [3.8, 4) is 28.2 Å². The number of anilines is 1. The molecule has 0 saturated heterocycles. The average molecular weight is 445 g/mol. The molecule has 162 valence electrons. The molecule has 4 N–H and O–H groups in total. The summed E-state index contributed by atoms with van der Waals surface area (Å²) in [5.74, 6) is 1.67. The number of benzene rings is 2. The Hall–Kier alpha value is -3.48. The van der Waals surface area contributed by atoms with E-state index in [2.05, 4.69) is 27.8 Å². The Kier molecular flexibility index (Phi) is 5.59. The molecule has 0 aliphatic rings. The van der Waals surface area contributed by atoms with Crippen molar-refractivity contribution in [2.24, 2.45) is 5.73 Å². The summed E-state index contributed by atoms with van der Waals surface area (Å²) >= 11 is 6.20. The van der Waals surface area contributed by atoms with Crippen LogP contribution in [0.15, 0.2) is 61.3 Å². The summed E-state index contributed by atoms with van der Waals surface area (Å²) in [7, 11) is 0. The highest BCUT2D eigenvalue weighted by molar-refractivity contribution is 6.33. The lowest BCUT2D eigenvalue weighted by Gasteiger charge is -2.19. The van der Waals surface area contributed by atoms with Crippen LogP contribution in [0.1, 0.15) is 30.8 Å². The van der Waals surface area contributed by atoms with E-state index in [4.69, 9.17) is 23.1 Å². The van der Waals surface area contributed by atoms with Gasteiger partial charge in [0, 0.05) is 22.9 Å². The third kappa shape index (κ3) is 4.02. The van der Waals surface area contributed by atoms with Crippen molar-refractivity contribution in [3.63, 3.8) is 0 Å². The van der Waals surface area contributed by atoms with Crippen LogP contribution >= 0.6 is 11.6 Å². The Morgan fingerprint density at radius 1 is 1.00 bits per heavy atom. The molecule has 0 saturated carbocycles. The molecule has 0 unspecified atom stereocenters. The van der Waals surface area contributed by atoms with E-state index in [0.29, 0.717) is 16.7 Å². The van der Waals surface area contributed by atoms with E-state index < -0.39 is 5.54 Å². The predicted molar refractivity (Wildman–Crippen MR) is 131 cm³/mol. The minimum atomic E-state index is -0.419. The first-order valence-electron chi connectivity index (χ1n) is 10.2. The number of rotatable bonds is 5. The van der Waals surface area contributed by atoms with Gasteiger partial charge in [-0.2, -0.15) is 0 Å². The molecule has 0 radical (unpaired) electrons. The van der Waals surface area contributed by atoms with Crippen LogP contribution in [0, 0.1) is 6.92 Å². The number of pyridine rings is 1. The summed E-state index contributed by atoms with van der Waals surface area (Å²) in [6, 6.07) is 16.0. The van der Waals surface area contributed by atoms with Gasteiger partial charge in [-0.3, -0.25) is 4.57 Å². The summed E-state index contributed by atoms with van der Waals surface area (Å²) in [5.41, 5.74) is 17.4. The average Bonchev–Trinajstić information content (AvgIpc) is 3.19. The SMILES string of the molecule is C=Cc1nnc(-c2ccc(C(C)(C)N)cc2)n1-c1cc(-c2cnc(N)c(Cl)c2)ccc1C. The molecule has 4 aromatic rings. The van der Waals surface area contributed by atoms with Gasteiger partial charge in [0.2, 0.25) is 0 Å². The maximum Gasteiger partial charge on any atom is 0.168 e. The van der Waals surface area contributed by atoms with E-state index >= 15 is 0 Å². The molecule has 2 aromatic heterocycles. The van der Waals surface area contributed by atoms with Gasteiger partial charge in [-0.05, 0) is 55.7 Å². The Morgan fingerprint density at radius 3 is 2.31 bits per heavy atom. The fourth-order valence-electron chi connectivity index (χ4n) is 3.54. The summed E-state index contributed by atoms with van der Waals surface area (Å²) in [6.07, 6.45) is 3.41. The minimum absolute atomic E-state index is 0.307. The Balaban J connectivity index is 1.86. The molecule has 7 heteroatoms. The van der Waals surface area contributed by atoms with E-state index in [1.807, 2.05) is 67.8 Å². The quantitative estimate of drug-likeness (QED) is 0.431. The Morgan fingerprint density at radius 2 is 1.69 bits per heavy atom. The molecule has 0 aliphatic heterocycles. The van der Waals surface area contributed by atoms with Gasteiger partial charge in [0.1, 0.15) is 5.82 Å². The number of hydrogen-bond acceptors (Lipinski definition) is 5. The molecule has 0 bridgehead atoms. The van der Waals surface area contributed by atoms with Crippen molar-refractivity contribution in [3.05, 3.63) is 83.3 Å². The molecule has 0 spiro atoms. The summed E-state index contributed by atoms with van der Waals surface area (Å²) in [5, 5.41) is 9.22. The van der Waals surface area contributed by atoms with Crippen molar-refractivity contribution < 1.29 is 0 Å². The number of aryl methyl sites for hydroxylation is 1. The van der Waals surface area contributed by atoms with Crippen molar-refractivity contribution in [1.82, 2.24) is 19.7 Å². The minimum Gasteiger partial charge on any atom is -0.382 e. The van der Waals surface area contributed by atoms with Gasteiger partial charge < -0.3 is 11.5 Å². The number of hydrogen-bond donors (Lipinski definition) is 2. The number of aromatic nitrogens is 4. The maximum absolute atomic E-state index is 6.24. The molecule has 6 nitrogen and oxygen atoms in total. The van der Waals surface area contributed by atoms with E-state index in [9.17, 15) is 0 Å². The van der Waals surface area contributed by atoms with Crippen LogP contribution in [0.2, 0.25) is 5.02 Å². The monoisotopic (exact) mass is 444 g/mol. The molecule has 2 aromatic carbocycles. The van der Waals surface area contributed by atoms with E-state index in [1.165, 1.54) is 0 Å². The first-order chi connectivity index (χ1) is 15.2. The smallest absolute Gasteiger partial charge is 0.168 e. The van der Waals surface area contributed by atoms with Gasteiger partial charge in [-0.25, -0.2) is 4.98 Å². The van der Waals surface area contributed by atoms with Crippen LogP contribution in [0.5, 0.6) is 0 Å². The van der Waals surface area contributed by atoms with Crippen molar-refractivity contribution in [2.45, 2.75) is 26.3 Å². The normalized spacial score (nSPS) is 11.5. The number of nitrogens with zero attached hydrogens (tertiary/aromatic N) is 4. The van der Waals surface area contributed by atoms with E-state index in [1.54, 1.807) is 12.3 Å². The fraction of sp³-hybridized carbons (Fsp3) is 0.160. The lowest BCUT2D eigenvalue weighted by molar-refractivity contribution is 0.554. The van der Waals surface area contributed by atoms with Crippen LogP contribution in [0.25, 0.3) is 34.3 Å². The topological polar surface area (TPSA) is 95.6 Å². The third-order valence-electron chi connectivity index (χ3n) is 5.41. The zero-order valence-electron chi connectivity index (χ0n) is 18.3. The largest absolute Gasteiger partial charge is 0.382 e. The Labute approximate surface area is 192 Å². The van der Waals surface area contributed by atoms with Crippen LogP contribution in [-0.2, 0) is 5.54 Å². The predicted octanol–water partition coefficient (Wildman–Crippen LogP) is 5.38. The zero-order valence-corrected chi connectivity index (χ0v) is 19.1. The van der Waals surface area contributed by atoms with Crippen LogP contribution in [-0.4, -0.2) is 19.7 Å². The van der Waals surface area contributed by atoms with Crippen molar-refractivity contribution in [1.29, 1.82) is 0 Å². The lowest BCUT2D eigenvalue weighted by Crippen LogP contribution is -2.28. The lowest BCUT2D eigenvalue weighted by atomic mass is 9.95. The van der Waals surface area contributed by atoms with Gasteiger partial charge in [0.15, 0.2) is 11.6 Å². The van der Waals surface area contributed by atoms with E-state index in [0.717, 1.165) is 39.3 Å². The second kappa shape index (κ2) is 8.22. The molecule has 0 amide bonds. The van der Waals surface area contributed by atoms with Gasteiger partial charge in [-0.15, -0.1) is 10.2 Å². The van der Waals surface area contributed by atoms with Gasteiger partial charge >= 0.3 is 0 Å². The van der Waals surface area contributed by atoms with Gasteiger partial charge in [0.05, 0.1) is 10.7 Å². The van der Waals surface area contributed by atoms with Crippen LogP contribution < -0.4 is 11.5 Å². The summed E-state index contributed by atoms with van der Waals surface area (Å²) in [6.45, 7) is 9.93. The molecular formula is C25H25ClN6. The van der Waals surface area contributed by atoms with Crippen LogP contribution in [0.3, 0.4) is 0 Å². The highest BCUT2D eigenvalue weighted by Crippen LogP contribution is 2.31. The number of nitrogen functional groups attached to an aromatic ring is 1. The summed E-state index contributed by atoms with van der Waals surface area (Å²) < 4.78 is 2.00. The van der Waals surface area contributed by atoms with Gasteiger partial charge in [-0.1, -0.05) is 54.6 Å². The Bertz CT molecular complexity index is 1300. The first-order valence-corrected chi connectivity index (χ1v) is 10.6. The first kappa shape index (κ1) is 21.7. The van der Waals surface area contributed by atoms with Gasteiger partial charge in [0.25, 0.3) is 0 Å². The third-order valence-corrected chi connectivity index (χ3v) is 5.71. The van der Waals surface area contributed by atoms with Crippen LogP contribution in [0.4, 0.5) is 5.82 Å². The molecule has 32 heavy (non-hydrogen) atoms. The summed E-state index contributed by atoms with van der Waals surface area (Å²) in [4.78, 5) is 4.18. The molecule has 0 aliphatic carbocycles. The van der Waals surface area contributed by atoms with E-state index in [-0.39, 0.29) is 0 Å². The second-order valence-corrected chi connectivity index (χ2v) is 8.72. The number of halogens is 1. The molecule has 4 rings (SSSR count). The highest BCUT2D eigenvalue weighted by atomic mass is 35.5. The van der Waals surface area contributed by atoms with Crippen molar-refractivity contribution >= 4 is 23.5 Å². The van der Waals surface area contributed by atoms with Crippen molar-refractivity contribution in [2.75, 3.05) is 5.73 Å². The second-order valence-electron chi connectivity index (χ2n) is 8.31. The molecular weight excluding hydrogens is 420 g/mol. The fourth-order valence-corrected chi connectivity index (χ4v) is 3.70. The molecule has 0 atom stereocenters. The zero-order chi connectivity index (χ0) is 23.0. The molecule has 2 heterocycles.